The Labute approximate surface area is 242 Å². The maximum absolute atomic E-state index is 16.1. The molecule has 3 unspecified atom stereocenters. The Morgan fingerprint density at radius 3 is 2.00 bits per heavy atom. The van der Waals surface area contributed by atoms with Crippen LogP contribution in [0, 0.1) is 11.8 Å². The van der Waals surface area contributed by atoms with Crippen LogP contribution in [0.4, 0.5) is 22.0 Å². The largest absolute Gasteiger partial charge is 0.493 e. The van der Waals surface area contributed by atoms with Crippen LogP contribution in [0.15, 0.2) is 53.4 Å². The molecule has 3 aliphatic rings. The molecule has 6 nitrogen and oxygen atoms in total. The molecular weight excluding hydrogens is 579 g/mol. The minimum Gasteiger partial charge on any atom is -0.493 e. The third kappa shape index (κ3) is 6.44. The topological polar surface area (TPSA) is 75.7 Å². The van der Waals surface area contributed by atoms with E-state index in [1.807, 2.05) is 11.6 Å². The van der Waals surface area contributed by atoms with Gasteiger partial charge in [-0.05, 0) is 86.8 Å². The molecule has 2 heterocycles. The van der Waals surface area contributed by atoms with Crippen molar-refractivity contribution < 1.29 is 39.9 Å². The molecule has 2 saturated heterocycles. The third-order valence-corrected chi connectivity index (χ3v) is 10.2. The van der Waals surface area contributed by atoms with Crippen molar-refractivity contribution in [3.63, 3.8) is 0 Å². The van der Waals surface area contributed by atoms with Crippen molar-refractivity contribution in [1.82, 2.24) is 9.62 Å². The number of hydrogen-bond acceptors (Lipinski definition) is 4. The molecule has 2 bridgehead atoms. The molecule has 230 valence electrons. The van der Waals surface area contributed by atoms with Gasteiger partial charge >= 0.3 is 6.18 Å². The van der Waals surface area contributed by atoms with E-state index in [-0.39, 0.29) is 22.9 Å². The zero-order valence-corrected chi connectivity index (χ0v) is 24.1. The molecule has 1 amide bonds. The molecule has 2 aromatic rings. The Kier molecular flexibility index (Phi) is 8.59. The van der Waals surface area contributed by atoms with Crippen molar-refractivity contribution in [3.05, 3.63) is 59.7 Å². The van der Waals surface area contributed by atoms with Crippen molar-refractivity contribution in [2.45, 2.75) is 93.4 Å². The number of ether oxygens (including phenoxy) is 1. The number of sulfonamides is 1. The SMILES string of the molecule is CC1CC2CCC(C1)N2C(=O)C(NS(=O)(=O)c1ccc(OCC2CCCC2)cc1)C(F)(F)c1ccc(C(F)(F)F)cc1. The second kappa shape index (κ2) is 11.7. The summed E-state index contributed by atoms with van der Waals surface area (Å²) in [7, 11) is -4.65. The molecular formula is C30H35F5N2O4S. The van der Waals surface area contributed by atoms with Gasteiger partial charge in [-0.2, -0.15) is 26.7 Å². The van der Waals surface area contributed by atoms with Crippen LogP contribution < -0.4 is 9.46 Å². The number of hydrogen-bond donors (Lipinski definition) is 1. The standard InChI is InChI=1S/C30H35F5N2O4S/c1-19-16-23-10-11-24(17-19)37(23)28(38)27(29(31,32)21-6-8-22(9-7-21)30(33,34)35)36-42(39,40)26-14-12-25(13-15-26)41-18-20-4-2-3-5-20/h6-9,12-15,19-20,23-24,27,36H,2-5,10-11,16-18H2,1H3. The van der Waals surface area contributed by atoms with Crippen LogP contribution in [-0.2, 0) is 26.9 Å². The summed E-state index contributed by atoms with van der Waals surface area (Å²) in [4.78, 5) is 14.8. The summed E-state index contributed by atoms with van der Waals surface area (Å²) < 4.78 is 106. The number of halogens is 5. The van der Waals surface area contributed by atoms with Crippen LogP contribution in [-0.4, -0.2) is 44.0 Å². The van der Waals surface area contributed by atoms with Gasteiger partial charge in [-0.1, -0.05) is 31.9 Å². The van der Waals surface area contributed by atoms with E-state index in [2.05, 4.69) is 0 Å². The lowest BCUT2D eigenvalue weighted by molar-refractivity contribution is -0.149. The fourth-order valence-electron chi connectivity index (χ4n) is 6.61. The molecule has 2 aromatic carbocycles. The Hall–Kier alpha value is -2.73. The van der Waals surface area contributed by atoms with Crippen LogP contribution in [0.3, 0.4) is 0 Å². The predicted molar refractivity (Wildman–Crippen MR) is 145 cm³/mol. The molecule has 5 rings (SSSR count). The minimum atomic E-state index is -4.75. The van der Waals surface area contributed by atoms with Crippen molar-refractivity contribution in [2.24, 2.45) is 11.8 Å². The lowest BCUT2D eigenvalue weighted by Crippen LogP contribution is -2.59. The smallest absolute Gasteiger partial charge is 0.416 e. The van der Waals surface area contributed by atoms with Gasteiger partial charge in [-0.15, -0.1) is 0 Å². The van der Waals surface area contributed by atoms with Crippen LogP contribution in [0.25, 0.3) is 0 Å². The van der Waals surface area contributed by atoms with Gasteiger partial charge in [0.2, 0.25) is 15.9 Å². The number of benzene rings is 2. The predicted octanol–water partition coefficient (Wildman–Crippen LogP) is 6.50. The summed E-state index contributed by atoms with van der Waals surface area (Å²) in [6.45, 7) is 2.52. The highest BCUT2D eigenvalue weighted by Crippen LogP contribution is 2.42. The van der Waals surface area contributed by atoms with Gasteiger partial charge in [0, 0.05) is 17.6 Å². The van der Waals surface area contributed by atoms with Gasteiger partial charge < -0.3 is 9.64 Å². The maximum atomic E-state index is 16.1. The number of nitrogens with zero attached hydrogens (tertiary/aromatic N) is 1. The summed E-state index contributed by atoms with van der Waals surface area (Å²) in [5.74, 6) is -4.09. The van der Waals surface area contributed by atoms with E-state index in [0.717, 1.165) is 25.7 Å². The van der Waals surface area contributed by atoms with E-state index in [9.17, 15) is 26.4 Å². The summed E-state index contributed by atoms with van der Waals surface area (Å²) >= 11 is 0. The lowest BCUT2D eigenvalue weighted by Gasteiger charge is -2.41. The average molecular weight is 615 g/mol. The third-order valence-electron chi connectivity index (χ3n) is 8.80. The van der Waals surface area contributed by atoms with E-state index >= 15 is 8.78 Å². The Bertz CT molecular complexity index is 1350. The molecule has 0 spiro atoms. The van der Waals surface area contributed by atoms with Gasteiger partial charge in [-0.3, -0.25) is 4.79 Å². The van der Waals surface area contributed by atoms with Gasteiger partial charge in [0.15, 0.2) is 6.04 Å². The zero-order chi connectivity index (χ0) is 30.3. The molecule has 0 radical (unpaired) electrons. The average Bonchev–Trinajstić information content (AvgIpc) is 3.56. The number of alkyl halides is 5. The highest BCUT2D eigenvalue weighted by molar-refractivity contribution is 7.89. The molecule has 1 saturated carbocycles. The highest BCUT2D eigenvalue weighted by Gasteiger charge is 2.53. The number of carbonyl (C=O) groups excluding carboxylic acids is 1. The van der Waals surface area contributed by atoms with Crippen LogP contribution in [0.5, 0.6) is 5.75 Å². The number of piperidine rings is 1. The van der Waals surface area contributed by atoms with Crippen molar-refractivity contribution in [2.75, 3.05) is 6.61 Å². The van der Waals surface area contributed by atoms with Gasteiger partial charge in [-0.25, -0.2) is 8.42 Å². The first kappa shape index (κ1) is 30.7. The number of fused-ring (bicyclic) bond motifs is 2. The summed E-state index contributed by atoms with van der Waals surface area (Å²) in [5, 5.41) is 0. The van der Waals surface area contributed by atoms with Crippen LogP contribution in [0.1, 0.15) is 69.4 Å². The van der Waals surface area contributed by atoms with Crippen molar-refractivity contribution in [1.29, 1.82) is 0 Å². The summed E-state index contributed by atoms with van der Waals surface area (Å²) in [6, 6.07) is 4.28. The molecule has 3 fully saturated rings. The van der Waals surface area contributed by atoms with Gasteiger partial charge in [0.25, 0.3) is 5.92 Å². The molecule has 1 N–H and O–H groups in total. The van der Waals surface area contributed by atoms with Crippen molar-refractivity contribution in [3.8, 4) is 5.75 Å². The monoisotopic (exact) mass is 614 g/mol. The number of carbonyl (C=O) groups is 1. The second-order valence-electron chi connectivity index (χ2n) is 11.9. The fraction of sp³-hybridized carbons (Fsp3) is 0.567. The molecule has 1 aliphatic carbocycles. The Morgan fingerprint density at radius 1 is 0.905 bits per heavy atom. The molecule has 0 aromatic heterocycles. The Morgan fingerprint density at radius 2 is 1.45 bits per heavy atom. The first-order valence-electron chi connectivity index (χ1n) is 14.4. The van der Waals surface area contributed by atoms with Crippen LogP contribution in [0.2, 0.25) is 0 Å². The first-order valence-corrected chi connectivity index (χ1v) is 15.9. The molecule has 12 heteroatoms. The molecule has 42 heavy (non-hydrogen) atoms. The van der Waals surface area contributed by atoms with E-state index < -0.39 is 45.2 Å². The normalized spacial score (nSPS) is 24.1. The zero-order valence-electron chi connectivity index (χ0n) is 23.2. The van der Waals surface area contributed by atoms with Crippen LogP contribution >= 0.6 is 0 Å². The van der Waals surface area contributed by atoms with Gasteiger partial charge in [0.1, 0.15) is 5.75 Å². The second-order valence-corrected chi connectivity index (χ2v) is 13.6. The maximum Gasteiger partial charge on any atom is 0.416 e. The summed E-state index contributed by atoms with van der Waals surface area (Å²) in [5.41, 5.74) is -2.03. The van der Waals surface area contributed by atoms with Crippen molar-refractivity contribution >= 4 is 15.9 Å². The Balaban J connectivity index is 1.42. The lowest BCUT2D eigenvalue weighted by atomic mass is 9.91. The first-order chi connectivity index (χ1) is 19.8. The number of amides is 1. The van der Waals surface area contributed by atoms with E-state index in [0.29, 0.717) is 68.2 Å². The number of rotatable bonds is 9. The fourth-order valence-corrected chi connectivity index (χ4v) is 7.80. The van der Waals surface area contributed by atoms with E-state index in [1.54, 1.807) is 0 Å². The van der Waals surface area contributed by atoms with E-state index in [1.165, 1.54) is 29.2 Å². The number of nitrogens with one attached hydrogen (secondary N) is 1. The summed E-state index contributed by atoms with van der Waals surface area (Å²) in [6.07, 6.45) is 2.13. The van der Waals surface area contributed by atoms with Gasteiger partial charge in [0.05, 0.1) is 17.1 Å². The van der Waals surface area contributed by atoms with E-state index in [4.69, 9.17) is 4.74 Å². The highest BCUT2D eigenvalue weighted by atomic mass is 32.2. The minimum absolute atomic E-state index is 0.284. The molecule has 2 aliphatic heterocycles. The molecule has 3 atom stereocenters. The quantitative estimate of drug-likeness (QED) is 0.327.